The van der Waals surface area contributed by atoms with Crippen LogP contribution >= 0.6 is 0 Å². The highest BCUT2D eigenvalue weighted by molar-refractivity contribution is 5.75. The summed E-state index contributed by atoms with van der Waals surface area (Å²) in [5.74, 6) is -0.0213. The van der Waals surface area contributed by atoms with E-state index in [0.29, 0.717) is 39.1 Å². The summed E-state index contributed by atoms with van der Waals surface area (Å²) < 4.78 is 5.17. The van der Waals surface area contributed by atoms with Crippen LogP contribution in [0, 0.1) is 0 Å². The molecule has 0 aliphatic rings. The van der Waals surface area contributed by atoms with Crippen molar-refractivity contribution in [1.82, 2.24) is 5.32 Å². The minimum atomic E-state index is -0.0213. The summed E-state index contributed by atoms with van der Waals surface area (Å²) in [5, 5.41) is 6.08. The fraction of sp³-hybridized carbons (Fsp3) is 0.889. The van der Waals surface area contributed by atoms with E-state index in [9.17, 15) is 4.79 Å². The maximum atomic E-state index is 11.1. The lowest BCUT2D eigenvalue weighted by atomic mass is 10.4. The first kappa shape index (κ1) is 13.7. The van der Waals surface area contributed by atoms with Crippen molar-refractivity contribution in [2.45, 2.75) is 26.2 Å². The van der Waals surface area contributed by atoms with Gasteiger partial charge in [0.15, 0.2) is 0 Å². The monoisotopic (exact) mass is 214 g/mol. The molecule has 86 valence electrons. The third-order valence-corrected chi connectivity index (χ3v) is 1.64. The molecule has 0 unspecified atom stereocenters. The lowest BCUT2D eigenvalue weighted by Crippen LogP contribution is -2.25. The normalized spacial score (nSPS) is 9.40. The van der Waals surface area contributed by atoms with Crippen molar-refractivity contribution >= 4 is 5.91 Å². The molecule has 0 saturated heterocycles. The van der Waals surface area contributed by atoms with E-state index in [-0.39, 0.29) is 5.91 Å². The smallest absolute Gasteiger partial charge is 0.222 e. The predicted octanol–water partition coefficient (Wildman–Crippen LogP) is 1.62. The number of ether oxygens (including phenoxy) is 1. The second kappa shape index (κ2) is 10.8. The quantitative estimate of drug-likeness (QED) is 0.273. The summed E-state index contributed by atoms with van der Waals surface area (Å²) in [4.78, 5) is 13.8. The molecule has 1 N–H and O–H groups in total. The van der Waals surface area contributed by atoms with Crippen LogP contribution in [0.1, 0.15) is 26.2 Å². The molecule has 6 nitrogen and oxygen atoms in total. The van der Waals surface area contributed by atoms with Gasteiger partial charge in [0.1, 0.15) is 0 Å². The van der Waals surface area contributed by atoms with Gasteiger partial charge in [0.05, 0.1) is 6.61 Å². The number of rotatable bonds is 9. The highest BCUT2D eigenvalue weighted by atomic mass is 16.5. The summed E-state index contributed by atoms with van der Waals surface area (Å²) in [6.07, 6.45) is 2.03. The second-order valence-corrected chi connectivity index (χ2v) is 3.02. The van der Waals surface area contributed by atoms with Crippen molar-refractivity contribution in [2.75, 3.05) is 26.3 Å². The molecule has 0 saturated carbocycles. The van der Waals surface area contributed by atoms with E-state index in [4.69, 9.17) is 10.3 Å². The lowest BCUT2D eigenvalue weighted by molar-refractivity contribution is -0.122. The molecule has 6 heteroatoms. The van der Waals surface area contributed by atoms with Gasteiger partial charge >= 0.3 is 0 Å². The van der Waals surface area contributed by atoms with Gasteiger partial charge < -0.3 is 10.1 Å². The van der Waals surface area contributed by atoms with E-state index in [1.54, 1.807) is 0 Å². The Morgan fingerprint density at radius 3 is 3.00 bits per heavy atom. The topological polar surface area (TPSA) is 87.1 Å². The molecular formula is C9H18N4O2. The number of carbonyl (C=O) groups is 1. The van der Waals surface area contributed by atoms with Crippen molar-refractivity contribution in [3.8, 4) is 0 Å². The molecule has 0 heterocycles. The van der Waals surface area contributed by atoms with Crippen LogP contribution in [0.25, 0.3) is 10.4 Å². The highest BCUT2D eigenvalue weighted by Crippen LogP contribution is 1.86. The van der Waals surface area contributed by atoms with E-state index in [1.165, 1.54) is 0 Å². The Kier molecular flexibility index (Phi) is 9.91. The third-order valence-electron chi connectivity index (χ3n) is 1.64. The SMILES string of the molecule is CCCOCCC(=O)NCCCN=[N+]=[N-]. The fourth-order valence-electron chi connectivity index (χ4n) is 0.922. The molecule has 0 rings (SSSR count). The fourth-order valence-corrected chi connectivity index (χ4v) is 0.922. The molecule has 0 aromatic rings. The van der Waals surface area contributed by atoms with Gasteiger partial charge in [0, 0.05) is 31.0 Å². The minimum Gasteiger partial charge on any atom is -0.381 e. The number of hydrogen-bond donors (Lipinski definition) is 1. The van der Waals surface area contributed by atoms with Crippen LogP contribution in [0.3, 0.4) is 0 Å². The Bertz CT molecular complexity index is 214. The first-order valence-corrected chi connectivity index (χ1v) is 5.16. The first-order chi connectivity index (χ1) is 7.31. The molecular weight excluding hydrogens is 196 g/mol. The average Bonchev–Trinajstić information content (AvgIpc) is 2.24. The maximum Gasteiger partial charge on any atom is 0.222 e. The molecule has 0 atom stereocenters. The molecule has 15 heavy (non-hydrogen) atoms. The zero-order valence-corrected chi connectivity index (χ0v) is 9.11. The Morgan fingerprint density at radius 2 is 2.33 bits per heavy atom. The van der Waals surface area contributed by atoms with E-state index in [1.807, 2.05) is 6.92 Å². The van der Waals surface area contributed by atoms with Crippen molar-refractivity contribution in [1.29, 1.82) is 0 Å². The second-order valence-electron chi connectivity index (χ2n) is 3.02. The van der Waals surface area contributed by atoms with Crippen LogP contribution in [0.4, 0.5) is 0 Å². The Morgan fingerprint density at radius 1 is 1.53 bits per heavy atom. The Labute approximate surface area is 89.6 Å². The predicted molar refractivity (Wildman–Crippen MR) is 57.4 cm³/mol. The number of carbonyl (C=O) groups excluding carboxylic acids is 1. The summed E-state index contributed by atoms with van der Waals surface area (Å²) in [6, 6.07) is 0. The van der Waals surface area contributed by atoms with E-state index >= 15 is 0 Å². The minimum absolute atomic E-state index is 0.0213. The van der Waals surface area contributed by atoms with Gasteiger partial charge in [0.25, 0.3) is 0 Å². The summed E-state index contributed by atoms with van der Waals surface area (Å²) in [7, 11) is 0. The number of azide groups is 1. The summed E-state index contributed by atoms with van der Waals surface area (Å²) in [5.41, 5.74) is 8.00. The Hall–Kier alpha value is -1.26. The molecule has 0 aromatic heterocycles. The van der Waals surface area contributed by atoms with Gasteiger partial charge in [-0.25, -0.2) is 0 Å². The van der Waals surface area contributed by atoms with Crippen molar-refractivity contribution < 1.29 is 9.53 Å². The van der Waals surface area contributed by atoms with Crippen LogP contribution in [0.2, 0.25) is 0 Å². The number of nitrogens with zero attached hydrogens (tertiary/aromatic N) is 3. The summed E-state index contributed by atoms with van der Waals surface area (Å²) in [6.45, 7) is 4.16. The van der Waals surface area contributed by atoms with Gasteiger partial charge in [-0.2, -0.15) is 0 Å². The molecule has 0 aliphatic carbocycles. The van der Waals surface area contributed by atoms with E-state index < -0.39 is 0 Å². The van der Waals surface area contributed by atoms with Crippen LogP contribution in [0.5, 0.6) is 0 Å². The first-order valence-electron chi connectivity index (χ1n) is 5.16. The molecule has 0 radical (unpaired) electrons. The van der Waals surface area contributed by atoms with Crippen molar-refractivity contribution in [2.24, 2.45) is 5.11 Å². The van der Waals surface area contributed by atoms with Gasteiger partial charge in [-0.05, 0) is 18.4 Å². The molecule has 0 aliphatic heterocycles. The van der Waals surface area contributed by atoms with Gasteiger partial charge in [-0.3, -0.25) is 4.79 Å². The lowest BCUT2D eigenvalue weighted by Gasteiger charge is -2.04. The van der Waals surface area contributed by atoms with Crippen molar-refractivity contribution in [3.05, 3.63) is 10.4 Å². The number of amides is 1. The highest BCUT2D eigenvalue weighted by Gasteiger charge is 1.99. The standard InChI is InChI=1S/C9H18N4O2/c1-2-7-15-8-4-9(14)11-5-3-6-12-13-10/h2-8H2,1H3,(H,11,14). The van der Waals surface area contributed by atoms with Crippen LogP contribution in [-0.4, -0.2) is 32.2 Å². The van der Waals surface area contributed by atoms with Gasteiger partial charge in [-0.1, -0.05) is 12.0 Å². The van der Waals surface area contributed by atoms with Crippen LogP contribution in [0.15, 0.2) is 5.11 Å². The Balaban J connectivity index is 3.22. The van der Waals surface area contributed by atoms with Crippen LogP contribution in [-0.2, 0) is 9.53 Å². The molecule has 1 amide bonds. The number of nitrogens with one attached hydrogen (secondary N) is 1. The van der Waals surface area contributed by atoms with Crippen molar-refractivity contribution in [3.63, 3.8) is 0 Å². The molecule has 0 aromatic carbocycles. The maximum absolute atomic E-state index is 11.1. The zero-order valence-electron chi connectivity index (χ0n) is 9.11. The summed E-state index contributed by atoms with van der Waals surface area (Å²) >= 11 is 0. The molecule has 0 fully saturated rings. The largest absolute Gasteiger partial charge is 0.381 e. The average molecular weight is 214 g/mol. The zero-order chi connectivity index (χ0) is 11.4. The molecule has 0 bridgehead atoms. The van der Waals surface area contributed by atoms with E-state index in [0.717, 1.165) is 6.42 Å². The van der Waals surface area contributed by atoms with Gasteiger partial charge in [0.2, 0.25) is 5.91 Å². The van der Waals surface area contributed by atoms with Gasteiger partial charge in [-0.15, -0.1) is 0 Å². The third kappa shape index (κ3) is 10.7. The molecule has 0 spiro atoms. The van der Waals surface area contributed by atoms with E-state index in [2.05, 4.69) is 15.3 Å². The number of hydrogen-bond acceptors (Lipinski definition) is 3. The van der Waals surface area contributed by atoms with Crippen LogP contribution < -0.4 is 5.32 Å².